The second kappa shape index (κ2) is 8.79. The van der Waals surface area contributed by atoms with Gasteiger partial charge in [-0.2, -0.15) is 0 Å². The molecule has 1 rings (SSSR count). The van der Waals surface area contributed by atoms with Gasteiger partial charge in [-0.15, -0.1) is 12.4 Å². The van der Waals surface area contributed by atoms with Crippen molar-refractivity contribution in [2.75, 3.05) is 13.7 Å². The molecule has 0 aliphatic rings. The number of aliphatic hydroxyl groups excluding tert-OH is 1. The number of hydrogen-bond acceptors (Lipinski definition) is 4. The lowest BCUT2D eigenvalue weighted by atomic mass is 10.0. The first-order chi connectivity index (χ1) is 8.97. The average Bonchev–Trinajstić information content (AvgIpc) is 2.43. The number of ether oxygens (including phenoxy) is 1. The summed E-state index contributed by atoms with van der Waals surface area (Å²) in [7, 11) is 1.54. The number of carbonyl (C=O) groups excluding carboxylic acids is 1. The fourth-order valence-corrected chi connectivity index (χ4v) is 1.67. The molecule has 0 spiro atoms. The summed E-state index contributed by atoms with van der Waals surface area (Å²) in [5.74, 6) is 0.393. The maximum atomic E-state index is 11.7. The van der Waals surface area contributed by atoms with Crippen molar-refractivity contribution in [1.29, 1.82) is 0 Å². The van der Waals surface area contributed by atoms with Crippen molar-refractivity contribution >= 4 is 18.3 Å². The first kappa shape index (κ1) is 18.7. The lowest BCUT2D eigenvalue weighted by Gasteiger charge is -2.18. The molecule has 0 aromatic heterocycles. The third-order valence-corrected chi connectivity index (χ3v) is 2.99. The van der Waals surface area contributed by atoms with Gasteiger partial charge in [-0.05, 0) is 12.0 Å². The Morgan fingerprint density at radius 3 is 2.55 bits per heavy atom. The highest BCUT2D eigenvalue weighted by Gasteiger charge is 2.19. The van der Waals surface area contributed by atoms with E-state index in [0.29, 0.717) is 11.3 Å². The minimum Gasteiger partial charge on any atom is -0.496 e. The fourth-order valence-electron chi connectivity index (χ4n) is 1.67. The Morgan fingerprint density at radius 1 is 1.40 bits per heavy atom. The van der Waals surface area contributed by atoms with Crippen LogP contribution in [0.2, 0.25) is 0 Å². The van der Waals surface area contributed by atoms with E-state index < -0.39 is 12.1 Å². The molecule has 2 atom stereocenters. The summed E-state index contributed by atoms with van der Waals surface area (Å²) in [4.78, 5) is 11.7. The van der Waals surface area contributed by atoms with Crippen molar-refractivity contribution in [3.05, 3.63) is 29.8 Å². The van der Waals surface area contributed by atoms with Crippen LogP contribution >= 0.6 is 12.4 Å². The minimum atomic E-state index is -0.820. The molecule has 1 unspecified atom stereocenters. The molecule has 4 N–H and O–H groups in total. The molecule has 0 saturated carbocycles. The quantitative estimate of drug-likeness (QED) is 0.738. The highest BCUT2D eigenvalue weighted by atomic mass is 35.5. The third-order valence-electron chi connectivity index (χ3n) is 2.99. The number of amides is 1. The van der Waals surface area contributed by atoms with E-state index in [0.717, 1.165) is 0 Å². The first-order valence-electron chi connectivity index (χ1n) is 6.31. The smallest absolute Gasteiger partial charge is 0.237 e. The van der Waals surface area contributed by atoms with Gasteiger partial charge in [0, 0.05) is 12.1 Å². The summed E-state index contributed by atoms with van der Waals surface area (Å²) >= 11 is 0. The molecule has 114 valence electrons. The van der Waals surface area contributed by atoms with E-state index in [1.165, 1.54) is 0 Å². The fraction of sp³-hybridized carbons (Fsp3) is 0.500. The Kier molecular flexibility index (Phi) is 8.22. The van der Waals surface area contributed by atoms with Crippen LogP contribution < -0.4 is 15.8 Å². The van der Waals surface area contributed by atoms with E-state index in [2.05, 4.69) is 5.32 Å². The van der Waals surface area contributed by atoms with Gasteiger partial charge in [-0.3, -0.25) is 4.79 Å². The molecular formula is C14H23ClN2O3. The number of nitrogens with two attached hydrogens (primary N) is 1. The molecule has 0 fully saturated rings. The molecule has 1 aromatic rings. The summed E-state index contributed by atoms with van der Waals surface area (Å²) in [6.45, 7) is 3.86. The Hall–Kier alpha value is -1.30. The predicted molar refractivity (Wildman–Crippen MR) is 81.0 cm³/mol. The lowest BCUT2D eigenvalue weighted by Crippen LogP contribution is -2.45. The SMILES string of the molecule is COc1ccccc1C(O)CNC(=O)[C@@H](N)C(C)C.Cl. The van der Waals surface area contributed by atoms with Gasteiger partial charge >= 0.3 is 0 Å². The van der Waals surface area contributed by atoms with Crippen molar-refractivity contribution in [2.24, 2.45) is 11.7 Å². The highest BCUT2D eigenvalue weighted by Crippen LogP contribution is 2.23. The highest BCUT2D eigenvalue weighted by molar-refractivity contribution is 5.85. The number of halogens is 1. The molecular weight excluding hydrogens is 280 g/mol. The molecule has 0 heterocycles. The van der Waals surface area contributed by atoms with Gasteiger partial charge in [0.05, 0.1) is 19.3 Å². The number of carbonyl (C=O) groups is 1. The third kappa shape index (κ3) is 5.00. The van der Waals surface area contributed by atoms with Crippen molar-refractivity contribution < 1.29 is 14.6 Å². The average molecular weight is 303 g/mol. The maximum Gasteiger partial charge on any atom is 0.237 e. The number of benzene rings is 1. The Labute approximate surface area is 125 Å². The van der Waals surface area contributed by atoms with E-state index in [1.54, 1.807) is 19.2 Å². The number of para-hydroxylation sites is 1. The van der Waals surface area contributed by atoms with E-state index in [-0.39, 0.29) is 30.8 Å². The Balaban J connectivity index is 0.00000361. The van der Waals surface area contributed by atoms with Crippen molar-refractivity contribution in [3.8, 4) is 5.75 Å². The summed E-state index contributed by atoms with van der Waals surface area (Å²) in [6.07, 6.45) is -0.820. The second-order valence-corrected chi connectivity index (χ2v) is 4.77. The monoisotopic (exact) mass is 302 g/mol. The topological polar surface area (TPSA) is 84.6 Å². The summed E-state index contributed by atoms with van der Waals surface area (Å²) < 4.78 is 5.16. The molecule has 0 aliphatic heterocycles. The zero-order chi connectivity index (χ0) is 14.4. The van der Waals surface area contributed by atoms with Crippen molar-refractivity contribution in [2.45, 2.75) is 26.0 Å². The van der Waals surface area contributed by atoms with Crippen LogP contribution in [-0.4, -0.2) is 30.7 Å². The molecule has 1 amide bonds. The van der Waals surface area contributed by atoms with Crippen molar-refractivity contribution in [3.63, 3.8) is 0 Å². The van der Waals surface area contributed by atoms with Crippen LogP contribution in [0, 0.1) is 5.92 Å². The zero-order valence-electron chi connectivity index (χ0n) is 12.0. The van der Waals surface area contributed by atoms with Gasteiger partial charge in [0.25, 0.3) is 0 Å². The van der Waals surface area contributed by atoms with E-state index >= 15 is 0 Å². The van der Waals surface area contributed by atoms with E-state index in [1.807, 2.05) is 26.0 Å². The van der Waals surface area contributed by atoms with Gasteiger partial charge in [-0.25, -0.2) is 0 Å². The standard InChI is InChI=1S/C14H22N2O3.ClH/c1-9(2)13(15)14(18)16-8-11(17)10-6-4-5-7-12(10)19-3;/h4-7,9,11,13,17H,8,15H2,1-3H3,(H,16,18);1H/t11?,13-;/m0./s1. The molecule has 5 nitrogen and oxygen atoms in total. The molecule has 6 heteroatoms. The van der Waals surface area contributed by atoms with Gasteiger partial charge in [0.1, 0.15) is 5.75 Å². The predicted octanol–water partition coefficient (Wildman–Crippen LogP) is 1.25. The lowest BCUT2D eigenvalue weighted by molar-refractivity contribution is -0.123. The number of methoxy groups -OCH3 is 1. The molecule has 0 bridgehead atoms. The van der Waals surface area contributed by atoms with E-state index in [9.17, 15) is 9.90 Å². The largest absolute Gasteiger partial charge is 0.496 e. The first-order valence-corrected chi connectivity index (χ1v) is 6.31. The van der Waals surface area contributed by atoms with Gasteiger partial charge in [0.15, 0.2) is 0 Å². The Bertz CT molecular complexity index is 427. The van der Waals surface area contributed by atoms with Gasteiger partial charge in [-0.1, -0.05) is 32.0 Å². The molecule has 0 radical (unpaired) electrons. The second-order valence-electron chi connectivity index (χ2n) is 4.77. The number of aliphatic hydroxyl groups is 1. The zero-order valence-corrected chi connectivity index (χ0v) is 12.8. The summed E-state index contributed by atoms with van der Waals surface area (Å²) in [5.41, 5.74) is 6.36. The van der Waals surface area contributed by atoms with Crippen LogP contribution in [0.1, 0.15) is 25.5 Å². The van der Waals surface area contributed by atoms with Crippen LogP contribution in [0.3, 0.4) is 0 Å². The minimum absolute atomic E-state index is 0. The van der Waals surface area contributed by atoms with Gasteiger partial charge < -0.3 is 20.9 Å². The molecule has 0 saturated heterocycles. The maximum absolute atomic E-state index is 11.7. The Morgan fingerprint density at radius 2 is 2.00 bits per heavy atom. The van der Waals surface area contributed by atoms with Crippen LogP contribution in [0.4, 0.5) is 0 Å². The van der Waals surface area contributed by atoms with Crippen LogP contribution in [-0.2, 0) is 4.79 Å². The van der Waals surface area contributed by atoms with Crippen molar-refractivity contribution in [1.82, 2.24) is 5.32 Å². The van der Waals surface area contributed by atoms with Crippen LogP contribution in [0.15, 0.2) is 24.3 Å². The van der Waals surface area contributed by atoms with E-state index in [4.69, 9.17) is 10.5 Å². The van der Waals surface area contributed by atoms with Crippen LogP contribution in [0.25, 0.3) is 0 Å². The number of rotatable bonds is 6. The molecule has 20 heavy (non-hydrogen) atoms. The molecule has 0 aliphatic carbocycles. The van der Waals surface area contributed by atoms with Gasteiger partial charge in [0.2, 0.25) is 5.91 Å². The van der Waals surface area contributed by atoms with Crippen LogP contribution in [0.5, 0.6) is 5.75 Å². The normalized spacial score (nSPS) is 13.3. The number of nitrogens with one attached hydrogen (secondary N) is 1. The number of hydrogen-bond donors (Lipinski definition) is 3. The summed E-state index contributed by atoms with van der Waals surface area (Å²) in [6, 6.07) is 6.59. The summed E-state index contributed by atoms with van der Waals surface area (Å²) in [5, 5.41) is 12.7. The molecule has 1 aromatic carbocycles.